The number of hydrogen-bond donors (Lipinski definition) is 1. The molecule has 0 saturated carbocycles. The van der Waals surface area contributed by atoms with Gasteiger partial charge in [-0.3, -0.25) is 4.57 Å². The second kappa shape index (κ2) is 6.60. The Bertz CT molecular complexity index is 550. The zero-order valence-electron chi connectivity index (χ0n) is 11.1. The molecular weight excluding hydrogens is 284 g/mol. The third-order valence-corrected chi connectivity index (χ3v) is 2.67. The molecule has 8 nitrogen and oxygen atoms in total. The van der Waals surface area contributed by atoms with E-state index in [1.807, 2.05) is 0 Å². The van der Waals surface area contributed by atoms with E-state index in [2.05, 4.69) is 19.9 Å². The molecule has 0 aliphatic heterocycles. The largest absolute Gasteiger partial charge is 0.389 e. The third-order valence-electron chi connectivity index (χ3n) is 2.50. The second-order valence-corrected chi connectivity index (χ2v) is 4.50. The number of aliphatic hydroxyl groups excluding tert-OH is 1. The highest BCUT2D eigenvalue weighted by Gasteiger charge is 2.14. The van der Waals surface area contributed by atoms with Crippen molar-refractivity contribution in [2.75, 3.05) is 32.2 Å². The molecule has 2 aromatic rings. The number of imidazole rings is 1. The van der Waals surface area contributed by atoms with Gasteiger partial charge >= 0.3 is 0 Å². The van der Waals surface area contributed by atoms with Crippen LogP contribution in [0.15, 0.2) is 18.7 Å². The Balaban J connectivity index is 2.19. The topological polar surface area (TPSA) is 89.2 Å². The number of aliphatic hydroxyl groups is 1. The molecule has 20 heavy (non-hydrogen) atoms. The van der Waals surface area contributed by atoms with E-state index in [-0.39, 0.29) is 11.9 Å². The van der Waals surface area contributed by atoms with Crippen LogP contribution >= 0.6 is 11.6 Å². The monoisotopic (exact) mass is 298 g/mol. The van der Waals surface area contributed by atoms with Gasteiger partial charge in [-0.2, -0.15) is 15.0 Å². The predicted octanol–water partition coefficient (Wildman–Crippen LogP) is 0.154. The van der Waals surface area contributed by atoms with E-state index in [9.17, 15) is 5.11 Å². The summed E-state index contributed by atoms with van der Waals surface area (Å²) in [5.74, 6) is 0.731. The Hall–Kier alpha value is -1.77. The van der Waals surface area contributed by atoms with E-state index in [1.54, 1.807) is 35.2 Å². The molecule has 9 heteroatoms. The quantitative estimate of drug-likeness (QED) is 0.812. The first-order chi connectivity index (χ1) is 9.60. The van der Waals surface area contributed by atoms with Crippen LogP contribution in [0.3, 0.4) is 0 Å². The maximum absolute atomic E-state index is 9.72. The van der Waals surface area contributed by atoms with Crippen molar-refractivity contribution in [3.63, 3.8) is 0 Å². The van der Waals surface area contributed by atoms with Crippen LogP contribution in [-0.2, 0) is 4.74 Å². The van der Waals surface area contributed by atoms with E-state index in [1.165, 1.54) is 7.11 Å². The van der Waals surface area contributed by atoms with Crippen LogP contribution in [-0.4, -0.2) is 63.0 Å². The molecule has 0 amide bonds. The van der Waals surface area contributed by atoms with Gasteiger partial charge in [-0.15, -0.1) is 0 Å². The number of methoxy groups -OCH3 is 1. The molecule has 1 unspecified atom stereocenters. The van der Waals surface area contributed by atoms with Crippen molar-refractivity contribution >= 4 is 17.5 Å². The van der Waals surface area contributed by atoms with Crippen molar-refractivity contribution in [3.05, 3.63) is 24.0 Å². The predicted molar refractivity (Wildman–Crippen MR) is 73.1 cm³/mol. The summed E-state index contributed by atoms with van der Waals surface area (Å²) in [6.45, 7) is 0.551. The van der Waals surface area contributed by atoms with E-state index >= 15 is 0 Å². The summed E-state index contributed by atoms with van der Waals surface area (Å²) in [5, 5.41) is 9.79. The van der Waals surface area contributed by atoms with Gasteiger partial charge in [0.05, 0.1) is 12.7 Å². The number of halogens is 1. The first-order valence-electron chi connectivity index (χ1n) is 5.88. The highest BCUT2D eigenvalue weighted by Crippen LogP contribution is 2.12. The minimum Gasteiger partial charge on any atom is -0.389 e. The van der Waals surface area contributed by atoms with Crippen LogP contribution in [0.25, 0.3) is 5.95 Å². The average Bonchev–Trinajstić information content (AvgIpc) is 2.92. The Kier molecular flexibility index (Phi) is 4.83. The number of anilines is 1. The zero-order chi connectivity index (χ0) is 14.5. The second-order valence-electron chi connectivity index (χ2n) is 4.16. The Morgan fingerprint density at radius 1 is 1.45 bits per heavy atom. The van der Waals surface area contributed by atoms with Gasteiger partial charge in [0.15, 0.2) is 0 Å². The van der Waals surface area contributed by atoms with E-state index < -0.39 is 6.10 Å². The van der Waals surface area contributed by atoms with Crippen LogP contribution in [0.1, 0.15) is 0 Å². The van der Waals surface area contributed by atoms with Crippen molar-refractivity contribution in [3.8, 4) is 5.95 Å². The fourth-order valence-corrected chi connectivity index (χ4v) is 1.79. The number of likely N-dealkylation sites (N-methyl/N-ethyl adjacent to an activating group) is 1. The number of rotatable bonds is 6. The SMILES string of the molecule is COCC(O)CN(C)c1nc(Cl)nc(-n2ccnc2)n1. The molecule has 1 atom stereocenters. The summed E-state index contributed by atoms with van der Waals surface area (Å²) >= 11 is 5.90. The Labute approximate surface area is 121 Å². The first-order valence-corrected chi connectivity index (χ1v) is 6.26. The standard InChI is InChI=1S/C11H15ClN6O2/c1-17(5-8(19)6-20-2)10-14-9(12)15-11(16-10)18-4-3-13-7-18/h3-4,7-8,19H,5-6H2,1-2H3. The number of aromatic nitrogens is 5. The van der Waals surface area contributed by atoms with Crippen LogP contribution in [0.4, 0.5) is 5.95 Å². The van der Waals surface area contributed by atoms with Gasteiger partial charge in [-0.1, -0.05) is 0 Å². The fraction of sp³-hybridized carbons (Fsp3) is 0.455. The van der Waals surface area contributed by atoms with E-state index in [0.29, 0.717) is 18.4 Å². The molecule has 0 fully saturated rings. The normalized spacial score (nSPS) is 12.4. The van der Waals surface area contributed by atoms with E-state index in [4.69, 9.17) is 16.3 Å². The smallest absolute Gasteiger partial charge is 0.241 e. The number of ether oxygens (including phenoxy) is 1. The van der Waals surface area contributed by atoms with Crippen molar-refractivity contribution in [2.45, 2.75) is 6.10 Å². The lowest BCUT2D eigenvalue weighted by atomic mass is 10.3. The summed E-state index contributed by atoms with van der Waals surface area (Å²) in [6, 6.07) is 0. The van der Waals surface area contributed by atoms with Gasteiger partial charge in [0.1, 0.15) is 6.33 Å². The lowest BCUT2D eigenvalue weighted by Gasteiger charge is -2.20. The lowest BCUT2D eigenvalue weighted by molar-refractivity contribution is 0.0693. The maximum atomic E-state index is 9.72. The van der Waals surface area contributed by atoms with Crippen LogP contribution < -0.4 is 4.90 Å². The molecule has 0 aromatic carbocycles. The maximum Gasteiger partial charge on any atom is 0.241 e. The highest BCUT2D eigenvalue weighted by molar-refractivity contribution is 6.28. The number of hydrogen-bond acceptors (Lipinski definition) is 7. The highest BCUT2D eigenvalue weighted by atomic mass is 35.5. The van der Waals surface area contributed by atoms with Crippen molar-refractivity contribution < 1.29 is 9.84 Å². The molecule has 0 aliphatic rings. The van der Waals surface area contributed by atoms with Crippen molar-refractivity contribution in [1.82, 2.24) is 24.5 Å². The zero-order valence-corrected chi connectivity index (χ0v) is 11.9. The van der Waals surface area contributed by atoms with Crippen LogP contribution in [0, 0.1) is 0 Å². The molecule has 2 aromatic heterocycles. The minimum absolute atomic E-state index is 0.0757. The molecule has 0 saturated heterocycles. The summed E-state index contributed by atoms with van der Waals surface area (Å²) in [4.78, 5) is 17.9. The summed E-state index contributed by atoms with van der Waals surface area (Å²) in [7, 11) is 3.28. The molecule has 108 valence electrons. The van der Waals surface area contributed by atoms with Crippen LogP contribution in [0.5, 0.6) is 0 Å². The molecule has 0 aliphatic carbocycles. The summed E-state index contributed by atoms with van der Waals surface area (Å²) in [6.07, 6.45) is 4.24. The van der Waals surface area contributed by atoms with E-state index in [0.717, 1.165) is 0 Å². The van der Waals surface area contributed by atoms with Crippen molar-refractivity contribution in [2.24, 2.45) is 0 Å². The molecule has 2 rings (SSSR count). The van der Waals surface area contributed by atoms with Gasteiger partial charge in [0, 0.05) is 33.1 Å². The van der Waals surface area contributed by atoms with Gasteiger partial charge in [-0.25, -0.2) is 4.98 Å². The van der Waals surface area contributed by atoms with Gasteiger partial charge in [0.25, 0.3) is 0 Å². The number of nitrogens with zero attached hydrogens (tertiary/aromatic N) is 6. The average molecular weight is 299 g/mol. The van der Waals surface area contributed by atoms with Crippen LogP contribution in [0.2, 0.25) is 5.28 Å². The van der Waals surface area contributed by atoms with Gasteiger partial charge in [0.2, 0.25) is 17.2 Å². The summed E-state index contributed by atoms with van der Waals surface area (Å²) < 4.78 is 6.50. The molecule has 0 bridgehead atoms. The Morgan fingerprint density at radius 2 is 2.25 bits per heavy atom. The first kappa shape index (κ1) is 14.6. The van der Waals surface area contributed by atoms with Gasteiger partial charge < -0.3 is 14.7 Å². The molecule has 0 spiro atoms. The molecular formula is C11H15ClN6O2. The molecule has 2 heterocycles. The minimum atomic E-state index is -0.641. The Morgan fingerprint density at radius 3 is 2.90 bits per heavy atom. The van der Waals surface area contributed by atoms with Gasteiger partial charge in [-0.05, 0) is 11.6 Å². The summed E-state index contributed by atoms with van der Waals surface area (Å²) in [5.41, 5.74) is 0. The fourth-order valence-electron chi connectivity index (χ4n) is 1.64. The van der Waals surface area contributed by atoms with Crippen molar-refractivity contribution in [1.29, 1.82) is 0 Å². The molecule has 1 N–H and O–H groups in total. The lowest BCUT2D eigenvalue weighted by Crippen LogP contribution is -2.33. The molecule has 0 radical (unpaired) electrons. The third kappa shape index (κ3) is 3.62.